The van der Waals surface area contributed by atoms with E-state index in [9.17, 15) is 23.2 Å². The standard InChI is InChI=1S/C45H53F3N6O6/c1-27(30-10-9-11-32(20-30)45(47,48)26-55)49-42-35-23-39(59-3)40(24-37(35)50-28(2)51-42)60-19-8-6-4-5-7-16-53-17-14-29(15-18-53)33-21-31-25-54(44(58)34(31)22-36(33)46)38-12-13-41(56)52-43(38)57/h9-11,20-24,27,29,38,55H,4-8,12-19,25-26H2,1-3H3,(H,49,50,51)(H,52,56,57)/t27-,38?/m1/s1. The first-order valence-corrected chi connectivity index (χ1v) is 20.9. The summed E-state index contributed by atoms with van der Waals surface area (Å²) >= 11 is 0. The first-order valence-electron chi connectivity index (χ1n) is 20.9. The van der Waals surface area contributed by atoms with Gasteiger partial charge in [0.2, 0.25) is 11.8 Å². The lowest BCUT2D eigenvalue weighted by molar-refractivity contribution is -0.136. The highest BCUT2D eigenvalue weighted by molar-refractivity contribution is 6.05. The lowest BCUT2D eigenvalue weighted by Gasteiger charge is -2.32. The third-order valence-corrected chi connectivity index (χ3v) is 12.0. The van der Waals surface area contributed by atoms with E-state index >= 15 is 4.39 Å². The van der Waals surface area contributed by atoms with Gasteiger partial charge >= 0.3 is 0 Å². The van der Waals surface area contributed by atoms with Gasteiger partial charge in [-0.1, -0.05) is 43.5 Å². The number of alkyl halides is 2. The van der Waals surface area contributed by atoms with E-state index < -0.39 is 24.5 Å². The highest BCUT2D eigenvalue weighted by atomic mass is 19.3. The topological polar surface area (TPSA) is 146 Å². The number of aliphatic hydroxyl groups is 1. The Labute approximate surface area is 347 Å². The molecule has 15 heteroatoms. The van der Waals surface area contributed by atoms with Crippen LogP contribution in [0.2, 0.25) is 0 Å². The summed E-state index contributed by atoms with van der Waals surface area (Å²) in [5.41, 5.74) is 2.70. The highest BCUT2D eigenvalue weighted by Gasteiger charge is 2.40. The van der Waals surface area contributed by atoms with Gasteiger partial charge in [0.05, 0.1) is 19.2 Å². The first-order chi connectivity index (χ1) is 28.8. The van der Waals surface area contributed by atoms with Crippen molar-refractivity contribution in [1.29, 1.82) is 0 Å². The zero-order chi connectivity index (χ0) is 42.6. The summed E-state index contributed by atoms with van der Waals surface area (Å²) in [5, 5.41) is 15.5. The Morgan fingerprint density at radius 1 is 0.983 bits per heavy atom. The van der Waals surface area contributed by atoms with Crippen LogP contribution < -0.4 is 20.1 Å². The largest absolute Gasteiger partial charge is 0.493 e. The summed E-state index contributed by atoms with van der Waals surface area (Å²) < 4.78 is 55.6. The average molecular weight is 831 g/mol. The van der Waals surface area contributed by atoms with Gasteiger partial charge in [-0.15, -0.1) is 0 Å². The maximum atomic E-state index is 15.4. The maximum Gasteiger partial charge on any atom is 0.295 e. The summed E-state index contributed by atoms with van der Waals surface area (Å²) in [7, 11) is 1.57. The number of rotatable bonds is 17. The zero-order valence-electron chi connectivity index (χ0n) is 34.4. The molecule has 4 aromatic rings. The van der Waals surface area contributed by atoms with Gasteiger partial charge in [-0.3, -0.25) is 19.7 Å². The minimum atomic E-state index is -3.34. The van der Waals surface area contributed by atoms with E-state index in [0.717, 1.165) is 70.1 Å². The molecule has 3 aliphatic heterocycles. The van der Waals surface area contributed by atoms with Crippen LogP contribution >= 0.6 is 0 Å². The molecule has 4 heterocycles. The van der Waals surface area contributed by atoms with E-state index in [1.54, 1.807) is 26.2 Å². The molecule has 3 aliphatic rings. The van der Waals surface area contributed by atoms with Crippen molar-refractivity contribution in [3.05, 3.63) is 88.0 Å². The number of hydrogen-bond acceptors (Lipinski definition) is 10. The number of amides is 3. The molecule has 2 fully saturated rings. The molecule has 1 unspecified atom stereocenters. The molecule has 12 nitrogen and oxygen atoms in total. The van der Waals surface area contributed by atoms with E-state index in [-0.39, 0.29) is 54.5 Å². The molecular weight excluding hydrogens is 778 g/mol. The number of nitrogens with one attached hydrogen (secondary N) is 2. The van der Waals surface area contributed by atoms with Crippen molar-refractivity contribution >= 4 is 34.4 Å². The van der Waals surface area contributed by atoms with Gasteiger partial charge in [0.25, 0.3) is 11.8 Å². The number of aryl methyl sites for hydroxylation is 1. The van der Waals surface area contributed by atoms with Crippen LogP contribution in [0.5, 0.6) is 11.5 Å². The van der Waals surface area contributed by atoms with Gasteiger partial charge in [-0.05, 0) is 106 Å². The molecule has 3 amide bonds. The molecule has 3 aromatic carbocycles. The third-order valence-electron chi connectivity index (χ3n) is 12.0. The summed E-state index contributed by atoms with van der Waals surface area (Å²) in [5.74, 6) is -2.64. The number of nitrogens with zero attached hydrogens (tertiary/aromatic N) is 4. The van der Waals surface area contributed by atoms with Gasteiger partial charge in [-0.2, -0.15) is 8.78 Å². The van der Waals surface area contributed by atoms with Gasteiger partial charge in [-0.25, -0.2) is 14.4 Å². The Kier molecular flexibility index (Phi) is 13.2. The molecule has 320 valence electrons. The van der Waals surface area contributed by atoms with Crippen molar-refractivity contribution in [2.45, 2.75) is 102 Å². The van der Waals surface area contributed by atoms with E-state index in [0.29, 0.717) is 57.3 Å². The molecule has 7 rings (SSSR count). The molecule has 0 radical (unpaired) electrons. The fourth-order valence-corrected chi connectivity index (χ4v) is 8.59. The van der Waals surface area contributed by atoms with Crippen LogP contribution in [0.1, 0.15) is 115 Å². The molecule has 0 saturated carbocycles. The number of carbonyl (C=O) groups excluding carboxylic acids is 3. The number of anilines is 1. The molecule has 2 saturated heterocycles. The molecular formula is C45H53F3N6O6. The number of hydrogen-bond donors (Lipinski definition) is 3. The second-order valence-corrected chi connectivity index (χ2v) is 16.2. The number of likely N-dealkylation sites (tertiary alicyclic amines) is 1. The number of ether oxygens (including phenoxy) is 2. The molecule has 1 aromatic heterocycles. The molecule has 0 bridgehead atoms. The number of unbranched alkanes of at least 4 members (excludes halogenated alkanes) is 4. The lowest BCUT2D eigenvalue weighted by atomic mass is 9.87. The molecule has 60 heavy (non-hydrogen) atoms. The Bertz CT molecular complexity index is 2230. The summed E-state index contributed by atoms with van der Waals surface area (Å²) in [6.07, 6.45) is 7.25. The van der Waals surface area contributed by atoms with Crippen LogP contribution in [-0.4, -0.2) is 88.6 Å². The second kappa shape index (κ2) is 18.5. The second-order valence-electron chi connectivity index (χ2n) is 16.2. The number of aliphatic hydroxyl groups excluding tert-OH is 1. The number of benzene rings is 3. The van der Waals surface area contributed by atoms with Crippen molar-refractivity contribution in [3.63, 3.8) is 0 Å². The van der Waals surface area contributed by atoms with E-state index in [1.807, 2.05) is 25.1 Å². The maximum absolute atomic E-state index is 15.4. The van der Waals surface area contributed by atoms with Crippen LogP contribution in [0.15, 0.2) is 48.5 Å². The van der Waals surface area contributed by atoms with Crippen molar-refractivity contribution in [2.75, 3.05) is 45.3 Å². The highest BCUT2D eigenvalue weighted by Crippen LogP contribution is 2.38. The van der Waals surface area contributed by atoms with Crippen molar-refractivity contribution < 1.29 is 42.1 Å². The number of fused-ring (bicyclic) bond motifs is 2. The molecule has 3 N–H and O–H groups in total. The molecule has 0 spiro atoms. The quantitative estimate of drug-likeness (QED) is 0.0732. The van der Waals surface area contributed by atoms with Gasteiger partial charge in [0.15, 0.2) is 11.5 Å². The zero-order valence-corrected chi connectivity index (χ0v) is 34.4. The summed E-state index contributed by atoms with van der Waals surface area (Å²) in [4.78, 5) is 50.2. The molecule has 0 aliphatic carbocycles. The van der Waals surface area contributed by atoms with E-state index in [1.165, 1.54) is 23.1 Å². The SMILES string of the molecule is COc1cc2c(N[C@H](C)c3cccc(C(F)(F)CO)c3)nc(C)nc2cc1OCCCCCCCN1CCC(c2cc3c(cc2F)C(=O)N(C2CCC(=O)NC2=O)C3)CC1. The number of halogens is 3. The Balaban J connectivity index is 0.836. The minimum absolute atomic E-state index is 0.0681. The number of methoxy groups -OCH3 is 1. The number of imide groups is 1. The summed E-state index contributed by atoms with van der Waals surface area (Å²) in [6.45, 7) is 5.88. The van der Waals surface area contributed by atoms with Crippen molar-refractivity contribution in [1.82, 2.24) is 25.1 Å². The van der Waals surface area contributed by atoms with Crippen molar-refractivity contribution in [3.8, 4) is 11.5 Å². The van der Waals surface area contributed by atoms with Crippen LogP contribution in [0.4, 0.5) is 19.0 Å². The number of aromatic nitrogens is 2. The fraction of sp³-hybridized carbons (Fsp3) is 0.489. The predicted octanol–water partition coefficient (Wildman–Crippen LogP) is 7.31. The lowest BCUT2D eigenvalue weighted by Crippen LogP contribution is -2.52. The number of piperidine rings is 2. The Morgan fingerprint density at radius 3 is 2.50 bits per heavy atom. The Morgan fingerprint density at radius 2 is 1.75 bits per heavy atom. The third kappa shape index (κ3) is 9.52. The van der Waals surface area contributed by atoms with E-state index in [4.69, 9.17) is 14.6 Å². The van der Waals surface area contributed by atoms with Crippen LogP contribution in [0.3, 0.4) is 0 Å². The van der Waals surface area contributed by atoms with Crippen LogP contribution in [0, 0.1) is 12.7 Å². The average Bonchev–Trinajstić information content (AvgIpc) is 3.55. The van der Waals surface area contributed by atoms with Crippen LogP contribution in [-0.2, 0) is 22.1 Å². The van der Waals surface area contributed by atoms with Gasteiger partial charge in [0, 0.05) is 41.6 Å². The summed E-state index contributed by atoms with van der Waals surface area (Å²) in [6, 6.07) is 11.7. The predicted molar refractivity (Wildman–Crippen MR) is 220 cm³/mol. The Hall–Kier alpha value is -5.28. The number of carbonyl (C=O) groups is 3. The smallest absolute Gasteiger partial charge is 0.295 e. The molecule has 2 atom stereocenters. The van der Waals surface area contributed by atoms with Gasteiger partial charge in [0.1, 0.15) is 30.1 Å². The minimum Gasteiger partial charge on any atom is -0.493 e. The van der Waals surface area contributed by atoms with Crippen molar-refractivity contribution in [2.24, 2.45) is 0 Å². The van der Waals surface area contributed by atoms with Crippen LogP contribution in [0.25, 0.3) is 10.9 Å². The van der Waals surface area contributed by atoms with Gasteiger partial charge < -0.3 is 29.7 Å². The van der Waals surface area contributed by atoms with E-state index in [2.05, 4.69) is 25.5 Å². The normalized spacial score (nSPS) is 18.1. The first kappa shape index (κ1) is 42.8. The monoisotopic (exact) mass is 830 g/mol. The fourth-order valence-electron chi connectivity index (χ4n) is 8.59.